The number of rotatable bonds is 6. The van der Waals surface area contributed by atoms with E-state index in [-0.39, 0.29) is 11.8 Å². The lowest BCUT2D eigenvalue weighted by atomic mass is 10.1. The van der Waals surface area contributed by atoms with E-state index >= 15 is 0 Å². The molecule has 1 aromatic heterocycles. The number of aryl methyl sites for hydroxylation is 1. The molecule has 0 bridgehead atoms. The number of methoxy groups -OCH3 is 1. The highest BCUT2D eigenvalue weighted by atomic mass is 16.6. The molecule has 0 aliphatic heterocycles. The van der Waals surface area contributed by atoms with Gasteiger partial charge in [-0.1, -0.05) is 6.07 Å². The Labute approximate surface area is 176 Å². The number of carbonyl (C=O) groups excluding carboxylic acids is 2. The first-order valence-corrected chi connectivity index (χ1v) is 9.38. The summed E-state index contributed by atoms with van der Waals surface area (Å²) >= 11 is 0. The molecule has 2 N–H and O–H groups in total. The number of alkyl carbamates (subject to hydrolysis) is 1. The number of benzene rings is 1. The van der Waals surface area contributed by atoms with Gasteiger partial charge in [-0.05, 0) is 53.2 Å². The number of ether oxygens (including phenoxy) is 3. The van der Waals surface area contributed by atoms with E-state index in [4.69, 9.17) is 14.2 Å². The maximum absolute atomic E-state index is 12.6. The van der Waals surface area contributed by atoms with Gasteiger partial charge in [0.2, 0.25) is 11.8 Å². The summed E-state index contributed by atoms with van der Waals surface area (Å²) < 4.78 is 16.2. The van der Waals surface area contributed by atoms with Crippen LogP contribution in [0, 0.1) is 6.92 Å². The van der Waals surface area contributed by atoms with Crippen molar-refractivity contribution in [1.82, 2.24) is 15.3 Å². The highest BCUT2D eigenvalue weighted by molar-refractivity contribution is 5.98. The molecular formula is C21H28N4O5. The van der Waals surface area contributed by atoms with Crippen LogP contribution in [0.1, 0.15) is 40.2 Å². The topological polar surface area (TPSA) is 112 Å². The number of hydrogen-bond acceptors (Lipinski definition) is 7. The van der Waals surface area contributed by atoms with Gasteiger partial charge in [-0.25, -0.2) is 9.78 Å². The van der Waals surface area contributed by atoms with E-state index < -0.39 is 23.1 Å². The molecule has 30 heavy (non-hydrogen) atoms. The molecular weight excluding hydrogens is 388 g/mol. The summed E-state index contributed by atoms with van der Waals surface area (Å²) in [6.07, 6.45) is 0.756. The number of nitrogens with one attached hydrogen (secondary N) is 2. The third kappa shape index (κ3) is 6.61. The van der Waals surface area contributed by atoms with Crippen LogP contribution in [-0.2, 0) is 9.53 Å². The summed E-state index contributed by atoms with van der Waals surface area (Å²) in [4.78, 5) is 32.8. The van der Waals surface area contributed by atoms with Crippen LogP contribution in [0.5, 0.6) is 17.4 Å². The van der Waals surface area contributed by atoms with E-state index in [1.807, 2.05) is 13.0 Å². The lowest BCUT2D eigenvalue weighted by molar-refractivity contribution is -0.121. The molecule has 0 fully saturated rings. The molecule has 9 nitrogen and oxygen atoms in total. The Bertz CT molecular complexity index is 922. The summed E-state index contributed by atoms with van der Waals surface area (Å²) in [5, 5.41) is 5.10. The molecule has 2 aromatic rings. The average molecular weight is 416 g/mol. The van der Waals surface area contributed by atoms with Crippen LogP contribution in [0.2, 0.25) is 0 Å². The standard InChI is InChI=1S/C21H28N4O5/c1-13-8-9-14(12-15(13)28-7)29-16-10-11-22-18(23-16)24-17(26)21(5,6)25-19(27)30-20(2,3)4/h8-12H,1-7H3,(H,25,27)(H,22,23,24,26). The molecule has 1 aromatic carbocycles. The molecule has 0 radical (unpaired) electrons. The quantitative estimate of drug-likeness (QED) is 0.736. The Morgan fingerprint density at radius 2 is 1.77 bits per heavy atom. The number of aromatic nitrogens is 2. The van der Waals surface area contributed by atoms with Crippen LogP contribution < -0.4 is 20.1 Å². The Morgan fingerprint density at radius 1 is 1.07 bits per heavy atom. The number of amides is 2. The van der Waals surface area contributed by atoms with Crippen LogP contribution in [0.3, 0.4) is 0 Å². The zero-order chi connectivity index (χ0) is 22.5. The summed E-state index contributed by atoms with van der Waals surface area (Å²) in [5.74, 6) is 0.979. The molecule has 9 heteroatoms. The minimum absolute atomic E-state index is 0.0376. The van der Waals surface area contributed by atoms with Crippen LogP contribution in [0.25, 0.3) is 0 Å². The first-order valence-electron chi connectivity index (χ1n) is 9.38. The molecule has 0 saturated carbocycles. The molecule has 2 rings (SSSR count). The monoisotopic (exact) mass is 416 g/mol. The second-order valence-corrected chi connectivity index (χ2v) is 8.16. The molecule has 2 amide bonds. The average Bonchev–Trinajstić information content (AvgIpc) is 2.61. The highest BCUT2D eigenvalue weighted by Crippen LogP contribution is 2.27. The van der Waals surface area contributed by atoms with Crippen molar-refractivity contribution in [3.63, 3.8) is 0 Å². The second kappa shape index (κ2) is 8.98. The third-order valence-corrected chi connectivity index (χ3v) is 3.84. The fourth-order valence-corrected chi connectivity index (χ4v) is 2.32. The molecule has 0 atom stereocenters. The molecule has 0 aliphatic carbocycles. The number of nitrogens with zero attached hydrogens (tertiary/aromatic N) is 2. The maximum Gasteiger partial charge on any atom is 0.408 e. The summed E-state index contributed by atoms with van der Waals surface area (Å²) in [5.41, 5.74) is -0.961. The van der Waals surface area contributed by atoms with Crippen molar-refractivity contribution in [1.29, 1.82) is 0 Å². The van der Waals surface area contributed by atoms with E-state index in [1.54, 1.807) is 59.9 Å². The van der Waals surface area contributed by atoms with Gasteiger partial charge in [0.15, 0.2) is 0 Å². The Morgan fingerprint density at radius 3 is 2.40 bits per heavy atom. The molecule has 0 aliphatic rings. The van der Waals surface area contributed by atoms with Crippen molar-refractivity contribution < 1.29 is 23.8 Å². The first kappa shape index (κ1) is 22.9. The minimum atomic E-state index is -1.26. The van der Waals surface area contributed by atoms with E-state index in [0.717, 1.165) is 5.56 Å². The van der Waals surface area contributed by atoms with Gasteiger partial charge in [0.25, 0.3) is 5.91 Å². The van der Waals surface area contributed by atoms with Gasteiger partial charge in [-0.2, -0.15) is 4.98 Å². The molecule has 0 spiro atoms. The number of anilines is 1. The van der Waals surface area contributed by atoms with E-state index in [0.29, 0.717) is 11.5 Å². The lowest BCUT2D eigenvalue weighted by Gasteiger charge is -2.27. The fraction of sp³-hybridized carbons (Fsp3) is 0.429. The zero-order valence-electron chi connectivity index (χ0n) is 18.3. The van der Waals surface area contributed by atoms with Gasteiger partial charge < -0.3 is 19.5 Å². The van der Waals surface area contributed by atoms with Crippen molar-refractivity contribution in [2.24, 2.45) is 0 Å². The van der Waals surface area contributed by atoms with Gasteiger partial charge in [0.05, 0.1) is 7.11 Å². The molecule has 162 valence electrons. The van der Waals surface area contributed by atoms with Gasteiger partial charge >= 0.3 is 6.09 Å². The summed E-state index contributed by atoms with van der Waals surface area (Å²) in [6, 6.07) is 6.95. The molecule has 0 saturated heterocycles. The Balaban J connectivity index is 2.07. The highest BCUT2D eigenvalue weighted by Gasteiger charge is 2.32. The van der Waals surface area contributed by atoms with Gasteiger partial charge in [0.1, 0.15) is 22.6 Å². The van der Waals surface area contributed by atoms with Crippen LogP contribution >= 0.6 is 0 Å². The predicted octanol–water partition coefficient (Wildman–Crippen LogP) is 3.83. The maximum atomic E-state index is 12.6. The lowest BCUT2D eigenvalue weighted by Crippen LogP contribution is -2.53. The van der Waals surface area contributed by atoms with Gasteiger partial charge in [0, 0.05) is 18.3 Å². The van der Waals surface area contributed by atoms with E-state index in [9.17, 15) is 9.59 Å². The summed E-state index contributed by atoms with van der Waals surface area (Å²) in [7, 11) is 1.58. The van der Waals surface area contributed by atoms with Crippen molar-refractivity contribution in [3.8, 4) is 17.4 Å². The SMILES string of the molecule is COc1cc(Oc2ccnc(NC(=O)C(C)(C)NC(=O)OC(C)(C)C)n2)ccc1C. The predicted molar refractivity (Wildman–Crippen MR) is 112 cm³/mol. The molecule has 0 unspecified atom stereocenters. The van der Waals surface area contributed by atoms with Crippen LogP contribution in [0.4, 0.5) is 10.7 Å². The fourth-order valence-electron chi connectivity index (χ4n) is 2.32. The largest absolute Gasteiger partial charge is 0.496 e. The van der Waals surface area contributed by atoms with E-state index in [2.05, 4.69) is 20.6 Å². The smallest absolute Gasteiger partial charge is 0.408 e. The van der Waals surface area contributed by atoms with Crippen LogP contribution in [-0.4, -0.2) is 40.2 Å². The van der Waals surface area contributed by atoms with Crippen molar-refractivity contribution in [2.45, 2.75) is 52.7 Å². The number of carbonyl (C=O) groups is 2. The van der Waals surface area contributed by atoms with Crippen molar-refractivity contribution in [3.05, 3.63) is 36.0 Å². The second-order valence-electron chi connectivity index (χ2n) is 8.16. The minimum Gasteiger partial charge on any atom is -0.496 e. The first-order chi connectivity index (χ1) is 13.9. The van der Waals surface area contributed by atoms with E-state index in [1.165, 1.54) is 6.20 Å². The normalized spacial score (nSPS) is 11.4. The third-order valence-electron chi connectivity index (χ3n) is 3.84. The van der Waals surface area contributed by atoms with Crippen LogP contribution in [0.15, 0.2) is 30.5 Å². The Hall–Kier alpha value is -3.36. The summed E-state index contributed by atoms with van der Waals surface area (Å²) in [6.45, 7) is 10.2. The molecule has 1 heterocycles. The van der Waals surface area contributed by atoms with Crippen molar-refractivity contribution in [2.75, 3.05) is 12.4 Å². The van der Waals surface area contributed by atoms with Crippen molar-refractivity contribution >= 4 is 17.9 Å². The van der Waals surface area contributed by atoms with Gasteiger partial charge in [-0.3, -0.25) is 10.1 Å². The zero-order valence-corrected chi connectivity index (χ0v) is 18.3. The Kier molecular flexibility index (Phi) is 6.86. The van der Waals surface area contributed by atoms with Gasteiger partial charge in [-0.15, -0.1) is 0 Å². The number of hydrogen-bond donors (Lipinski definition) is 2.